The highest BCUT2D eigenvalue weighted by Gasteiger charge is 2.02. The van der Waals surface area contributed by atoms with Crippen molar-refractivity contribution in [1.82, 2.24) is 0 Å². The van der Waals surface area contributed by atoms with Crippen LogP contribution >= 0.6 is 0 Å². The fraction of sp³-hybridized carbons (Fsp3) is 0.864. The maximum absolute atomic E-state index is 11.5. The van der Waals surface area contributed by atoms with Crippen molar-refractivity contribution < 1.29 is 17.8 Å². The molecule has 0 saturated carbocycles. The highest BCUT2D eigenvalue weighted by atomic mass is 32.2. The molecular formula is C22H42O4S. The van der Waals surface area contributed by atoms with E-state index in [0.29, 0.717) is 12.2 Å². The van der Waals surface area contributed by atoms with Gasteiger partial charge in [-0.15, -0.1) is 0 Å². The van der Waals surface area contributed by atoms with Gasteiger partial charge in [-0.05, 0) is 44.9 Å². The second kappa shape index (κ2) is 18.7. The van der Waals surface area contributed by atoms with E-state index in [-0.39, 0.29) is 5.75 Å². The first kappa shape index (κ1) is 26.3. The van der Waals surface area contributed by atoms with E-state index in [2.05, 4.69) is 19.1 Å². The summed E-state index contributed by atoms with van der Waals surface area (Å²) in [7, 11) is -3.77. The predicted molar refractivity (Wildman–Crippen MR) is 115 cm³/mol. The van der Waals surface area contributed by atoms with E-state index in [0.717, 1.165) is 64.2 Å². The van der Waals surface area contributed by atoms with Crippen LogP contribution in [0.1, 0.15) is 116 Å². The molecule has 5 heteroatoms. The largest absolute Gasteiger partial charge is 0.300 e. The lowest BCUT2D eigenvalue weighted by molar-refractivity contribution is -0.119. The Morgan fingerprint density at radius 2 is 1.15 bits per heavy atom. The maximum atomic E-state index is 11.5. The predicted octanol–water partition coefficient (Wildman–Crippen LogP) is 6.65. The maximum Gasteiger partial charge on any atom is 0.264 e. The minimum atomic E-state index is -3.77. The summed E-state index contributed by atoms with van der Waals surface area (Å²) in [5, 5.41) is 0. The summed E-state index contributed by atoms with van der Waals surface area (Å²) in [6.07, 6.45) is 22.6. The first-order valence-electron chi connectivity index (χ1n) is 11.1. The zero-order chi connectivity index (χ0) is 20.2. The number of hydrogen-bond acceptors (Lipinski definition) is 3. The van der Waals surface area contributed by atoms with Crippen LogP contribution < -0.4 is 0 Å². The van der Waals surface area contributed by atoms with Crippen LogP contribution in [0.4, 0.5) is 0 Å². The first-order chi connectivity index (χ1) is 13.0. The Kier molecular flexibility index (Phi) is 18.2. The fourth-order valence-electron chi connectivity index (χ4n) is 3.10. The molecule has 0 amide bonds. The Bertz CT molecular complexity index is 469. The van der Waals surface area contributed by atoms with Gasteiger partial charge >= 0.3 is 0 Å². The minimum absolute atomic E-state index is 0.104. The molecule has 0 rings (SSSR count). The number of hydrogen-bond donors (Lipinski definition) is 1. The van der Waals surface area contributed by atoms with Crippen LogP contribution in [-0.2, 0) is 14.9 Å². The summed E-state index contributed by atoms with van der Waals surface area (Å²) >= 11 is 0. The van der Waals surface area contributed by atoms with Crippen molar-refractivity contribution in [3.05, 3.63) is 12.2 Å². The molecule has 0 bridgehead atoms. The molecule has 0 spiro atoms. The van der Waals surface area contributed by atoms with Crippen molar-refractivity contribution in [3.63, 3.8) is 0 Å². The summed E-state index contributed by atoms with van der Waals surface area (Å²) in [5.74, 6) is 0.338. The molecular weight excluding hydrogens is 360 g/mol. The number of Topliss-reactive ketones (excluding diaryl/α,β-unsaturated/α-hetero) is 1. The Balaban J connectivity index is 3.22. The molecule has 0 unspecified atom stereocenters. The number of ketones is 1. The third-order valence-electron chi connectivity index (χ3n) is 4.83. The van der Waals surface area contributed by atoms with Gasteiger partial charge in [0.05, 0.1) is 5.75 Å². The van der Waals surface area contributed by atoms with Crippen molar-refractivity contribution in [1.29, 1.82) is 0 Å². The summed E-state index contributed by atoms with van der Waals surface area (Å²) in [5.41, 5.74) is 0. The highest BCUT2D eigenvalue weighted by Crippen LogP contribution is 2.11. The molecule has 4 nitrogen and oxygen atoms in total. The standard InChI is InChI=1S/C22H42O4S/c1-2-3-19-22(23)20-17-15-13-11-9-7-5-4-6-8-10-12-14-16-18-21-27(24,25)26/h4-5H,2-3,6-21H2,1H3,(H,24,25,26)/b5-4+. The van der Waals surface area contributed by atoms with Gasteiger partial charge in [-0.3, -0.25) is 9.35 Å². The zero-order valence-corrected chi connectivity index (χ0v) is 18.3. The third-order valence-corrected chi connectivity index (χ3v) is 5.63. The normalized spacial score (nSPS) is 12.1. The second-order valence-electron chi connectivity index (χ2n) is 7.62. The molecule has 0 aliphatic carbocycles. The quantitative estimate of drug-likeness (QED) is 0.140. The molecule has 0 aromatic rings. The molecule has 0 atom stereocenters. The van der Waals surface area contributed by atoms with Crippen LogP contribution in [0.5, 0.6) is 0 Å². The molecule has 0 radical (unpaired) electrons. The molecule has 0 aromatic carbocycles. The number of allylic oxidation sites excluding steroid dienone is 2. The Labute approximate surface area is 168 Å². The molecule has 0 aliphatic rings. The second-order valence-corrected chi connectivity index (χ2v) is 9.19. The van der Waals surface area contributed by atoms with Crippen molar-refractivity contribution in [2.45, 2.75) is 116 Å². The summed E-state index contributed by atoms with van der Waals surface area (Å²) in [6, 6.07) is 0. The third kappa shape index (κ3) is 23.3. The molecule has 27 heavy (non-hydrogen) atoms. The van der Waals surface area contributed by atoms with E-state index in [1.165, 1.54) is 38.5 Å². The van der Waals surface area contributed by atoms with E-state index in [4.69, 9.17) is 4.55 Å². The molecule has 0 aromatic heterocycles. The SMILES string of the molecule is CCCCC(=O)CCCCCCC/C=C/CCCCCCCCS(=O)(=O)O. The van der Waals surface area contributed by atoms with E-state index in [1.807, 2.05) is 0 Å². The smallest absolute Gasteiger partial charge is 0.264 e. The number of rotatable bonds is 20. The van der Waals surface area contributed by atoms with E-state index >= 15 is 0 Å². The monoisotopic (exact) mass is 402 g/mol. The van der Waals surface area contributed by atoms with Gasteiger partial charge in [-0.2, -0.15) is 8.42 Å². The van der Waals surface area contributed by atoms with Crippen molar-refractivity contribution in [3.8, 4) is 0 Å². The fourth-order valence-corrected chi connectivity index (χ4v) is 3.67. The van der Waals surface area contributed by atoms with Crippen LogP contribution in [0.3, 0.4) is 0 Å². The number of carbonyl (C=O) groups excluding carboxylic acids is 1. The van der Waals surface area contributed by atoms with Gasteiger partial charge in [0.1, 0.15) is 5.78 Å². The molecule has 160 valence electrons. The summed E-state index contributed by atoms with van der Waals surface area (Å²) in [4.78, 5) is 11.5. The summed E-state index contributed by atoms with van der Waals surface area (Å²) < 4.78 is 29.8. The van der Waals surface area contributed by atoms with Gasteiger partial charge in [0, 0.05) is 12.8 Å². The molecule has 1 N–H and O–H groups in total. The first-order valence-corrected chi connectivity index (χ1v) is 12.7. The molecule has 0 saturated heterocycles. The number of unbranched alkanes of at least 4 members (excludes halogenated alkanes) is 12. The Morgan fingerprint density at radius 1 is 0.704 bits per heavy atom. The highest BCUT2D eigenvalue weighted by molar-refractivity contribution is 7.85. The van der Waals surface area contributed by atoms with Crippen molar-refractivity contribution in [2.24, 2.45) is 0 Å². The molecule has 0 aliphatic heterocycles. The van der Waals surface area contributed by atoms with Gasteiger partial charge in [0.15, 0.2) is 0 Å². The van der Waals surface area contributed by atoms with Gasteiger partial charge in [0.2, 0.25) is 0 Å². The Hall–Kier alpha value is -0.680. The summed E-state index contributed by atoms with van der Waals surface area (Å²) in [6.45, 7) is 2.13. The van der Waals surface area contributed by atoms with Gasteiger partial charge in [0.25, 0.3) is 10.1 Å². The lowest BCUT2D eigenvalue weighted by Crippen LogP contribution is -2.03. The minimum Gasteiger partial charge on any atom is -0.300 e. The average molecular weight is 403 g/mol. The van der Waals surface area contributed by atoms with Crippen LogP contribution in [0.2, 0.25) is 0 Å². The molecule has 0 fully saturated rings. The number of carbonyl (C=O) groups is 1. The zero-order valence-electron chi connectivity index (χ0n) is 17.5. The van der Waals surface area contributed by atoms with Crippen LogP contribution in [0.25, 0.3) is 0 Å². The van der Waals surface area contributed by atoms with Gasteiger partial charge in [-0.1, -0.05) is 70.4 Å². The average Bonchev–Trinajstić information content (AvgIpc) is 2.61. The van der Waals surface area contributed by atoms with Crippen LogP contribution in [0, 0.1) is 0 Å². The van der Waals surface area contributed by atoms with Crippen LogP contribution in [0.15, 0.2) is 12.2 Å². The molecule has 0 heterocycles. The van der Waals surface area contributed by atoms with Crippen LogP contribution in [-0.4, -0.2) is 24.5 Å². The van der Waals surface area contributed by atoms with Gasteiger partial charge in [-0.25, -0.2) is 0 Å². The lowest BCUT2D eigenvalue weighted by Gasteiger charge is -2.01. The Morgan fingerprint density at radius 3 is 1.67 bits per heavy atom. The van der Waals surface area contributed by atoms with Crippen molar-refractivity contribution >= 4 is 15.9 Å². The van der Waals surface area contributed by atoms with E-state index in [1.54, 1.807) is 0 Å². The lowest BCUT2D eigenvalue weighted by atomic mass is 10.0. The van der Waals surface area contributed by atoms with Crippen molar-refractivity contribution in [2.75, 3.05) is 5.75 Å². The van der Waals surface area contributed by atoms with E-state index < -0.39 is 10.1 Å². The van der Waals surface area contributed by atoms with E-state index in [9.17, 15) is 13.2 Å². The topological polar surface area (TPSA) is 71.4 Å². The van der Waals surface area contributed by atoms with Gasteiger partial charge < -0.3 is 0 Å².